The molecule has 3 aliphatic rings. The first kappa shape index (κ1) is 20.3. The van der Waals surface area contributed by atoms with Gasteiger partial charge in [0.05, 0.1) is 11.7 Å². The Bertz CT molecular complexity index is 1060. The van der Waals surface area contributed by atoms with Gasteiger partial charge in [-0.25, -0.2) is 9.50 Å². The van der Waals surface area contributed by atoms with E-state index in [1.54, 1.807) is 0 Å². The maximum absolute atomic E-state index is 13.1. The SMILES string of the molecule is Cc1nc2cc(C3CCCN3C(=O)C3CCCC3)[nH]n2c(=O)c1CCC(=O)NC1CC1. The molecule has 2 aromatic rings. The molecule has 3 fully saturated rings. The minimum Gasteiger partial charge on any atom is -0.353 e. The highest BCUT2D eigenvalue weighted by atomic mass is 16.2. The quantitative estimate of drug-likeness (QED) is 0.742. The maximum atomic E-state index is 13.1. The Morgan fingerprint density at radius 3 is 2.68 bits per heavy atom. The molecular weight excluding hydrogens is 394 g/mol. The van der Waals surface area contributed by atoms with Crippen LogP contribution in [0.1, 0.15) is 80.8 Å². The van der Waals surface area contributed by atoms with Crippen molar-refractivity contribution in [2.75, 3.05) is 6.54 Å². The highest BCUT2D eigenvalue weighted by Crippen LogP contribution is 2.36. The van der Waals surface area contributed by atoms with Crippen molar-refractivity contribution in [3.8, 4) is 0 Å². The van der Waals surface area contributed by atoms with Crippen LogP contribution < -0.4 is 10.9 Å². The van der Waals surface area contributed by atoms with E-state index in [0.29, 0.717) is 35.8 Å². The van der Waals surface area contributed by atoms with Gasteiger partial charge in [-0.2, -0.15) is 0 Å². The number of rotatable bonds is 6. The van der Waals surface area contributed by atoms with Crippen LogP contribution in [0.2, 0.25) is 0 Å². The Hall–Kier alpha value is -2.64. The van der Waals surface area contributed by atoms with Crippen molar-refractivity contribution >= 4 is 17.5 Å². The third kappa shape index (κ3) is 4.00. The van der Waals surface area contributed by atoms with Crippen molar-refractivity contribution in [1.82, 2.24) is 24.8 Å². The molecule has 8 heteroatoms. The number of hydrogen-bond acceptors (Lipinski definition) is 4. The molecule has 0 spiro atoms. The van der Waals surface area contributed by atoms with E-state index in [4.69, 9.17) is 0 Å². The lowest BCUT2D eigenvalue weighted by molar-refractivity contribution is -0.136. The number of amides is 2. The highest BCUT2D eigenvalue weighted by Gasteiger charge is 2.36. The van der Waals surface area contributed by atoms with Crippen molar-refractivity contribution in [3.05, 3.63) is 33.4 Å². The molecule has 0 bridgehead atoms. The fraction of sp³-hybridized carbons (Fsp3) is 0.652. The summed E-state index contributed by atoms with van der Waals surface area (Å²) in [4.78, 5) is 44.8. The van der Waals surface area contributed by atoms with Crippen molar-refractivity contribution in [2.45, 2.75) is 83.2 Å². The van der Waals surface area contributed by atoms with E-state index in [1.165, 1.54) is 4.52 Å². The predicted octanol–water partition coefficient (Wildman–Crippen LogP) is 2.40. The number of hydrogen-bond donors (Lipinski definition) is 2. The molecule has 31 heavy (non-hydrogen) atoms. The lowest BCUT2D eigenvalue weighted by Crippen LogP contribution is -2.35. The van der Waals surface area contributed by atoms with E-state index in [9.17, 15) is 14.4 Å². The first-order valence-corrected chi connectivity index (χ1v) is 11.7. The maximum Gasteiger partial charge on any atom is 0.276 e. The molecule has 2 aliphatic carbocycles. The molecule has 1 saturated heterocycles. The molecule has 8 nitrogen and oxygen atoms in total. The second kappa shape index (κ2) is 8.13. The van der Waals surface area contributed by atoms with E-state index >= 15 is 0 Å². The summed E-state index contributed by atoms with van der Waals surface area (Å²) in [5.74, 6) is 0.407. The number of aromatic amines is 1. The van der Waals surface area contributed by atoms with Gasteiger partial charge in [-0.15, -0.1) is 0 Å². The molecule has 2 aromatic heterocycles. The van der Waals surface area contributed by atoms with E-state index in [2.05, 4.69) is 15.4 Å². The zero-order valence-corrected chi connectivity index (χ0v) is 18.2. The molecule has 1 unspecified atom stereocenters. The third-order valence-corrected chi connectivity index (χ3v) is 7.08. The Balaban J connectivity index is 1.37. The summed E-state index contributed by atoms with van der Waals surface area (Å²) in [6.45, 7) is 2.60. The van der Waals surface area contributed by atoms with Crippen LogP contribution in [0, 0.1) is 12.8 Å². The molecule has 0 aromatic carbocycles. The summed E-state index contributed by atoms with van der Waals surface area (Å²) < 4.78 is 1.48. The molecular formula is C23H31N5O3. The first-order valence-electron chi connectivity index (χ1n) is 11.7. The lowest BCUT2D eigenvalue weighted by Gasteiger charge is -2.26. The Labute approximate surface area is 181 Å². The smallest absolute Gasteiger partial charge is 0.276 e. The number of likely N-dealkylation sites (tertiary alicyclic amines) is 1. The summed E-state index contributed by atoms with van der Waals surface area (Å²) in [5, 5.41) is 6.19. The third-order valence-electron chi connectivity index (χ3n) is 7.08. The number of aromatic nitrogens is 3. The van der Waals surface area contributed by atoms with Gasteiger partial charge >= 0.3 is 0 Å². The highest BCUT2D eigenvalue weighted by molar-refractivity contribution is 5.80. The van der Waals surface area contributed by atoms with Crippen LogP contribution in [-0.2, 0) is 16.0 Å². The van der Waals surface area contributed by atoms with Crippen LogP contribution in [0.5, 0.6) is 0 Å². The van der Waals surface area contributed by atoms with Crippen molar-refractivity contribution < 1.29 is 9.59 Å². The lowest BCUT2D eigenvalue weighted by atomic mass is 10.1. The summed E-state index contributed by atoms with van der Waals surface area (Å²) in [5.41, 5.74) is 2.53. The summed E-state index contributed by atoms with van der Waals surface area (Å²) in [6, 6.07) is 2.20. The number of carbonyl (C=O) groups is 2. The normalized spacial score (nSPS) is 21.8. The molecule has 1 aliphatic heterocycles. The molecule has 3 heterocycles. The average Bonchev–Trinajstić information content (AvgIpc) is 3.19. The monoisotopic (exact) mass is 425 g/mol. The van der Waals surface area contributed by atoms with Crippen molar-refractivity contribution in [2.24, 2.45) is 5.92 Å². The van der Waals surface area contributed by atoms with E-state index in [1.807, 2.05) is 17.9 Å². The topological polar surface area (TPSA) is 99.6 Å². The second-order valence-corrected chi connectivity index (χ2v) is 9.40. The largest absolute Gasteiger partial charge is 0.353 e. The molecule has 0 radical (unpaired) electrons. The van der Waals surface area contributed by atoms with Crippen LogP contribution in [0.3, 0.4) is 0 Å². The van der Waals surface area contributed by atoms with Crippen molar-refractivity contribution in [1.29, 1.82) is 0 Å². The van der Waals surface area contributed by atoms with Gasteiger partial charge < -0.3 is 10.2 Å². The van der Waals surface area contributed by atoms with E-state index in [0.717, 1.165) is 63.6 Å². The van der Waals surface area contributed by atoms with Gasteiger partial charge in [-0.3, -0.25) is 19.5 Å². The molecule has 1 atom stereocenters. The van der Waals surface area contributed by atoms with Crippen LogP contribution in [0.15, 0.2) is 10.9 Å². The summed E-state index contributed by atoms with van der Waals surface area (Å²) >= 11 is 0. The average molecular weight is 426 g/mol. The summed E-state index contributed by atoms with van der Waals surface area (Å²) in [6.07, 6.45) is 8.90. The zero-order valence-electron chi connectivity index (χ0n) is 18.2. The molecule has 166 valence electrons. The Morgan fingerprint density at radius 1 is 1.16 bits per heavy atom. The fourth-order valence-corrected chi connectivity index (χ4v) is 5.17. The number of nitrogens with zero attached hydrogens (tertiary/aromatic N) is 3. The van der Waals surface area contributed by atoms with Crippen LogP contribution in [0.4, 0.5) is 0 Å². The van der Waals surface area contributed by atoms with Gasteiger partial charge in [0.25, 0.3) is 5.56 Å². The zero-order chi connectivity index (χ0) is 21.5. The fourth-order valence-electron chi connectivity index (χ4n) is 5.17. The van der Waals surface area contributed by atoms with Gasteiger partial charge in [-0.05, 0) is 51.9 Å². The van der Waals surface area contributed by atoms with Gasteiger partial charge in [0.2, 0.25) is 11.8 Å². The number of fused-ring (bicyclic) bond motifs is 1. The molecule has 5 rings (SSSR count). The standard InChI is InChI=1S/C23H31N5O3/c1-14-17(10-11-21(29)25-16-8-9-16)23(31)28-20(24-14)13-18(26-28)19-7-4-12-27(19)22(30)15-5-2-3-6-15/h13,15-16,19,26H,2-12H2,1H3,(H,25,29). The van der Waals surface area contributed by atoms with Gasteiger partial charge in [0.15, 0.2) is 5.65 Å². The number of H-pyrrole nitrogens is 1. The summed E-state index contributed by atoms with van der Waals surface area (Å²) in [7, 11) is 0. The van der Waals surface area contributed by atoms with Crippen LogP contribution >= 0.6 is 0 Å². The van der Waals surface area contributed by atoms with Crippen LogP contribution in [-0.4, -0.2) is 43.9 Å². The number of aryl methyl sites for hydroxylation is 1. The second-order valence-electron chi connectivity index (χ2n) is 9.40. The van der Waals surface area contributed by atoms with Gasteiger partial charge in [0.1, 0.15) is 0 Å². The molecule has 2 saturated carbocycles. The van der Waals surface area contributed by atoms with Gasteiger partial charge in [-0.1, -0.05) is 12.8 Å². The predicted molar refractivity (Wildman–Crippen MR) is 116 cm³/mol. The minimum absolute atomic E-state index is 0.00871. The first-order chi connectivity index (χ1) is 15.0. The van der Waals surface area contributed by atoms with E-state index < -0.39 is 0 Å². The number of carbonyl (C=O) groups excluding carboxylic acids is 2. The van der Waals surface area contributed by atoms with Crippen molar-refractivity contribution in [3.63, 3.8) is 0 Å². The molecule has 2 amide bonds. The van der Waals surface area contributed by atoms with Gasteiger partial charge in [0, 0.05) is 42.2 Å². The molecule has 2 N–H and O–H groups in total. The van der Waals surface area contributed by atoms with E-state index in [-0.39, 0.29) is 29.3 Å². The van der Waals surface area contributed by atoms with Crippen LogP contribution in [0.25, 0.3) is 5.65 Å². The Morgan fingerprint density at radius 2 is 1.94 bits per heavy atom. The number of nitrogens with one attached hydrogen (secondary N) is 2. The minimum atomic E-state index is -0.153. The Kier molecular flexibility index (Phi) is 5.32.